The first-order valence-electron chi connectivity index (χ1n) is 10.9. The van der Waals surface area contributed by atoms with E-state index in [0.717, 1.165) is 19.6 Å². The number of nitrogens with one attached hydrogen (secondary N) is 4. The van der Waals surface area contributed by atoms with Gasteiger partial charge in [0.15, 0.2) is 5.65 Å². The molecule has 9 nitrogen and oxygen atoms in total. The zero-order chi connectivity index (χ0) is 22.7. The molecule has 3 aromatic rings. The highest BCUT2D eigenvalue weighted by molar-refractivity contribution is 5.93. The number of piperazine rings is 1. The van der Waals surface area contributed by atoms with Crippen molar-refractivity contribution >= 4 is 28.8 Å². The maximum absolute atomic E-state index is 12.6. The second-order valence-corrected chi connectivity index (χ2v) is 8.46. The number of hydrogen-bond acceptors (Lipinski definition) is 4. The Morgan fingerprint density at radius 1 is 1.09 bits per heavy atom. The molecule has 1 aromatic carbocycles. The van der Waals surface area contributed by atoms with E-state index < -0.39 is 0 Å². The van der Waals surface area contributed by atoms with Crippen LogP contribution in [0.3, 0.4) is 0 Å². The molecule has 0 radical (unpaired) electrons. The average Bonchev–Trinajstić information content (AvgIpc) is 3.14. The fourth-order valence-electron chi connectivity index (χ4n) is 4.13. The largest absolute Gasteiger partial charge is 0.331 e. The van der Waals surface area contributed by atoms with Gasteiger partial charge in [-0.25, -0.2) is 9.78 Å². The normalized spacial score (nSPS) is 14.6. The molecule has 9 heteroatoms. The molecule has 168 valence electrons. The van der Waals surface area contributed by atoms with Crippen molar-refractivity contribution in [3.8, 4) is 0 Å². The third-order valence-corrected chi connectivity index (χ3v) is 5.97. The van der Waals surface area contributed by atoms with Crippen LogP contribution >= 0.6 is 0 Å². The van der Waals surface area contributed by atoms with Gasteiger partial charge < -0.3 is 20.1 Å². The Balaban J connectivity index is 1.22. The van der Waals surface area contributed by atoms with Crippen molar-refractivity contribution in [1.29, 1.82) is 0 Å². The lowest BCUT2D eigenvalue weighted by Gasteiger charge is -2.32. The molecule has 2 amide bonds. The summed E-state index contributed by atoms with van der Waals surface area (Å²) in [6.45, 7) is 8.46. The number of anilines is 1. The number of carbonyl (C=O) groups is 2. The van der Waals surface area contributed by atoms with Crippen LogP contribution < -0.4 is 15.9 Å². The van der Waals surface area contributed by atoms with Crippen LogP contribution in [0.4, 0.5) is 5.82 Å². The molecule has 1 saturated heterocycles. The van der Waals surface area contributed by atoms with Crippen LogP contribution in [-0.4, -0.2) is 57.8 Å². The molecule has 0 atom stereocenters. The van der Waals surface area contributed by atoms with Crippen molar-refractivity contribution in [3.63, 3.8) is 0 Å². The van der Waals surface area contributed by atoms with Gasteiger partial charge in [-0.15, -0.1) is 0 Å². The molecule has 0 saturated carbocycles. The summed E-state index contributed by atoms with van der Waals surface area (Å²) in [4.78, 5) is 48.8. The van der Waals surface area contributed by atoms with Gasteiger partial charge in [-0.3, -0.25) is 14.6 Å². The van der Waals surface area contributed by atoms with Crippen LogP contribution in [0, 0.1) is 13.8 Å². The van der Waals surface area contributed by atoms with Gasteiger partial charge in [0, 0.05) is 18.4 Å². The summed E-state index contributed by atoms with van der Waals surface area (Å²) in [6.07, 6.45) is 0.263. The van der Waals surface area contributed by atoms with Crippen molar-refractivity contribution < 1.29 is 14.5 Å². The van der Waals surface area contributed by atoms with E-state index in [0.29, 0.717) is 30.1 Å². The highest BCUT2D eigenvalue weighted by Crippen LogP contribution is 2.11. The zero-order valence-electron chi connectivity index (χ0n) is 18.5. The van der Waals surface area contributed by atoms with Crippen LogP contribution in [-0.2, 0) is 16.1 Å². The standard InChI is InChI=1S/C23H28N6O3/c1-15-3-4-17(16(2)13-15)14-28-9-11-29(12-10-28)21(31)8-7-20(30)25-19-6-5-18-22(26-19)27-23(32)24-18/h3-6,13H,7-12,14H2,1-2H3,(H3,24,25,26,27,30,32)/p+1. The third-order valence-electron chi connectivity index (χ3n) is 5.97. The number of rotatable bonds is 6. The fraction of sp³-hybridized carbons (Fsp3) is 0.391. The monoisotopic (exact) mass is 437 g/mol. The number of aromatic amines is 2. The van der Waals surface area contributed by atoms with Gasteiger partial charge in [0.2, 0.25) is 11.8 Å². The first-order chi connectivity index (χ1) is 15.4. The number of benzene rings is 1. The Morgan fingerprint density at radius 3 is 2.62 bits per heavy atom. The lowest BCUT2D eigenvalue weighted by Crippen LogP contribution is -3.13. The van der Waals surface area contributed by atoms with Crippen molar-refractivity contribution in [2.45, 2.75) is 33.2 Å². The van der Waals surface area contributed by atoms with Gasteiger partial charge in [0.1, 0.15) is 12.4 Å². The molecule has 4 N–H and O–H groups in total. The number of fused-ring (bicyclic) bond motifs is 1. The third kappa shape index (κ3) is 5.23. The van der Waals surface area contributed by atoms with Gasteiger partial charge in [-0.05, 0) is 31.5 Å². The van der Waals surface area contributed by atoms with E-state index in [1.165, 1.54) is 21.6 Å². The molecule has 0 bridgehead atoms. The minimum atomic E-state index is -0.350. The van der Waals surface area contributed by atoms with Crippen LogP contribution in [0.25, 0.3) is 11.2 Å². The molecule has 4 rings (SSSR count). The summed E-state index contributed by atoms with van der Waals surface area (Å²) < 4.78 is 0. The minimum Gasteiger partial charge on any atom is -0.331 e. The van der Waals surface area contributed by atoms with E-state index in [9.17, 15) is 14.4 Å². The highest BCUT2D eigenvalue weighted by Gasteiger charge is 2.24. The molecule has 0 spiro atoms. The number of aryl methyl sites for hydroxylation is 2. The number of nitrogens with zero attached hydrogens (tertiary/aromatic N) is 2. The minimum absolute atomic E-state index is 0.00379. The lowest BCUT2D eigenvalue weighted by molar-refractivity contribution is -0.917. The summed E-state index contributed by atoms with van der Waals surface area (Å²) >= 11 is 0. The molecule has 32 heavy (non-hydrogen) atoms. The number of aromatic nitrogens is 3. The smallest absolute Gasteiger partial charge is 0.325 e. The van der Waals surface area contributed by atoms with Crippen LogP contribution in [0.5, 0.6) is 0 Å². The lowest BCUT2D eigenvalue weighted by atomic mass is 10.1. The van der Waals surface area contributed by atoms with Gasteiger partial charge in [0.05, 0.1) is 31.7 Å². The quantitative estimate of drug-likeness (QED) is 0.450. The number of hydrogen-bond donors (Lipinski definition) is 4. The SMILES string of the molecule is Cc1ccc(C[NH+]2CCN(C(=O)CCC(=O)Nc3ccc4[nH]c(=O)[nH]c4n3)CC2)c(C)c1. The molecule has 2 aromatic heterocycles. The van der Waals surface area contributed by atoms with E-state index in [-0.39, 0.29) is 30.3 Å². The van der Waals surface area contributed by atoms with E-state index >= 15 is 0 Å². The first-order valence-corrected chi connectivity index (χ1v) is 10.9. The highest BCUT2D eigenvalue weighted by atomic mass is 16.2. The van der Waals surface area contributed by atoms with E-state index in [1.54, 1.807) is 12.1 Å². The maximum atomic E-state index is 12.6. The van der Waals surface area contributed by atoms with Crippen molar-refractivity contribution in [3.05, 3.63) is 57.5 Å². The number of pyridine rings is 1. The van der Waals surface area contributed by atoms with Gasteiger partial charge in [-0.1, -0.05) is 23.8 Å². The molecular formula is C23H29N6O3+. The fourth-order valence-corrected chi connectivity index (χ4v) is 4.13. The van der Waals surface area contributed by atoms with Gasteiger partial charge >= 0.3 is 5.69 Å². The molecule has 1 aliphatic rings. The molecule has 1 fully saturated rings. The van der Waals surface area contributed by atoms with E-state index in [2.05, 4.69) is 52.3 Å². The van der Waals surface area contributed by atoms with Crippen molar-refractivity contribution in [1.82, 2.24) is 19.9 Å². The number of amides is 2. The zero-order valence-corrected chi connectivity index (χ0v) is 18.5. The number of imidazole rings is 1. The van der Waals surface area contributed by atoms with E-state index in [4.69, 9.17) is 0 Å². The van der Waals surface area contributed by atoms with Crippen LogP contribution in [0.15, 0.2) is 35.1 Å². The number of carbonyl (C=O) groups excluding carboxylic acids is 2. The summed E-state index contributed by atoms with van der Waals surface area (Å²) in [5, 5.41) is 2.68. The predicted molar refractivity (Wildman–Crippen MR) is 121 cm³/mol. The molecule has 0 unspecified atom stereocenters. The molecule has 3 heterocycles. The van der Waals surface area contributed by atoms with Gasteiger partial charge in [0.25, 0.3) is 0 Å². The average molecular weight is 438 g/mol. The van der Waals surface area contributed by atoms with Crippen LogP contribution in [0.1, 0.15) is 29.5 Å². The predicted octanol–water partition coefficient (Wildman–Crippen LogP) is 0.514. The van der Waals surface area contributed by atoms with Gasteiger partial charge in [-0.2, -0.15) is 0 Å². The summed E-state index contributed by atoms with van der Waals surface area (Å²) in [5.74, 6) is 0.0695. The number of quaternary nitrogens is 1. The summed E-state index contributed by atoms with van der Waals surface area (Å²) in [5.41, 5.74) is 4.55. The Hall–Kier alpha value is -3.46. The summed E-state index contributed by atoms with van der Waals surface area (Å²) in [6, 6.07) is 9.85. The summed E-state index contributed by atoms with van der Waals surface area (Å²) in [7, 11) is 0. The van der Waals surface area contributed by atoms with Crippen LogP contribution in [0.2, 0.25) is 0 Å². The molecule has 0 aliphatic carbocycles. The molecule has 1 aliphatic heterocycles. The Bertz CT molecular complexity index is 1190. The second kappa shape index (κ2) is 9.35. The van der Waals surface area contributed by atoms with E-state index in [1.807, 2.05) is 4.90 Å². The molecular weight excluding hydrogens is 408 g/mol. The Kier molecular flexibility index (Phi) is 6.36. The first kappa shape index (κ1) is 21.8. The maximum Gasteiger partial charge on any atom is 0.325 e. The Morgan fingerprint density at radius 2 is 1.88 bits per heavy atom. The second-order valence-electron chi connectivity index (χ2n) is 8.46. The number of H-pyrrole nitrogens is 2. The van der Waals surface area contributed by atoms with Crippen molar-refractivity contribution in [2.75, 3.05) is 31.5 Å². The topological polar surface area (TPSA) is 115 Å². The van der Waals surface area contributed by atoms with Crippen molar-refractivity contribution in [2.24, 2.45) is 0 Å². The Labute approximate surface area is 185 Å².